The molecule has 0 amide bonds. The molecule has 3 aliphatic rings. The summed E-state index contributed by atoms with van der Waals surface area (Å²) in [4.78, 5) is 26.3. The fourth-order valence-electron chi connectivity index (χ4n) is 10.2. The topological polar surface area (TPSA) is 72.6 Å². The molecule has 6 aromatic carbocycles. The molecule has 2 aliphatic carbocycles. The molecule has 1 saturated carbocycles. The first-order valence-electron chi connectivity index (χ1n) is 21.3. The van der Waals surface area contributed by atoms with Crippen LogP contribution in [0.5, 0.6) is 0 Å². The van der Waals surface area contributed by atoms with E-state index >= 15 is 0 Å². The molecule has 0 bridgehead atoms. The van der Waals surface area contributed by atoms with Crippen molar-refractivity contribution in [1.29, 1.82) is 0 Å². The predicted octanol–water partition coefficient (Wildman–Crippen LogP) is 12.8. The Bertz CT molecular complexity index is 3320. The highest BCUT2D eigenvalue weighted by Gasteiger charge is 2.74. The molecule has 7 nitrogen and oxygen atoms in total. The van der Waals surface area contributed by atoms with Crippen LogP contribution in [0.15, 0.2) is 213 Å². The number of allylic oxidation sites excluding steroid dienone is 2. The van der Waals surface area contributed by atoms with Gasteiger partial charge in [0.25, 0.3) is 0 Å². The fourth-order valence-corrected chi connectivity index (χ4v) is 10.2. The van der Waals surface area contributed by atoms with Gasteiger partial charge in [0.2, 0.25) is 0 Å². The maximum atomic E-state index is 5.00. The first-order valence-corrected chi connectivity index (χ1v) is 21.3. The molecule has 2 atom stereocenters. The lowest BCUT2D eigenvalue weighted by molar-refractivity contribution is 0.740. The summed E-state index contributed by atoms with van der Waals surface area (Å²) in [5, 5.41) is 2.40. The minimum atomic E-state index is -0.184. The zero-order chi connectivity index (χ0) is 41.5. The van der Waals surface area contributed by atoms with E-state index in [1.54, 1.807) is 0 Å². The van der Waals surface area contributed by atoms with Crippen LogP contribution in [-0.2, 0) is 5.41 Å². The number of benzene rings is 6. The summed E-state index contributed by atoms with van der Waals surface area (Å²) in [5.74, 6) is 1.95. The van der Waals surface area contributed by atoms with E-state index < -0.39 is 0 Å². The highest BCUT2D eigenvalue weighted by atomic mass is 15.3. The molecule has 63 heavy (non-hydrogen) atoms. The van der Waals surface area contributed by atoms with Crippen LogP contribution >= 0.6 is 0 Å². The Morgan fingerprint density at radius 3 is 1.49 bits per heavy atom. The third-order valence-corrected chi connectivity index (χ3v) is 13.3. The van der Waals surface area contributed by atoms with Crippen LogP contribution in [0.4, 0.5) is 11.4 Å². The Hall–Kier alpha value is -8.29. The first-order chi connectivity index (χ1) is 31.2. The molecule has 296 valence electrons. The van der Waals surface area contributed by atoms with Crippen molar-refractivity contribution >= 4 is 33.2 Å². The van der Waals surface area contributed by atoms with E-state index in [1.807, 2.05) is 97.6 Å². The van der Waals surface area contributed by atoms with Crippen molar-refractivity contribution < 1.29 is 0 Å². The largest absolute Gasteiger partial charge is 0.330 e. The molecule has 1 fully saturated rings. The summed E-state index contributed by atoms with van der Waals surface area (Å²) in [5.41, 5.74) is 14.2. The Kier molecular flexibility index (Phi) is 7.66. The monoisotopic (exact) mass is 807 g/mol. The summed E-state index contributed by atoms with van der Waals surface area (Å²) in [6.07, 6.45) is 17.8. The number of pyridine rings is 2. The highest BCUT2D eigenvalue weighted by Crippen LogP contribution is 2.73. The van der Waals surface area contributed by atoms with Crippen molar-refractivity contribution in [3.8, 4) is 62.1 Å². The van der Waals surface area contributed by atoms with Crippen LogP contribution in [0.1, 0.15) is 12.0 Å². The van der Waals surface area contributed by atoms with E-state index in [0.29, 0.717) is 17.5 Å². The van der Waals surface area contributed by atoms with E-state index in [-0.39, 0.29) is 11.0 Å². The third-order valence-electron chi connectivity index (χ3n) is 13.3. The molecule has 0 radical (unpaired) electrons. The van der Waals surface area contributed by atoms with Gasteiger partial charge >= 0.3 is 0 Å². The van der Waals surface area contributed by atoms with Crippen molar-refractivity contribution in [2.24, 2.45) is 0 Å². The van der Waals surface area contributed by atoms with E-state index in [9.17, 15) is 0 Å². The van der Waals surface area contributed by atoms with E-state index in [0.717, 1.165) is 67.8 Å². The van der Waals surface area contributed by atoms with Crippen molar-refractivity contribution in [3.63, 3.8) is 0 Å². The van der Waals surface area contributed by atoms with Crippen LogP contribution in [-0.4, -0.2) is 35.0 Å². The van der Waals surface area contributed by atoms with E-state index in [4.69, 9.17) is 15.0 Å². The number of hydrogen-bond donors (Lipinski definition) is 0. The molecule has 0 N–H and O–H groups in total. The average molecular weight is 808 g/mol. The molecule has 4 aromatic heterocycles. The van der Waals surface area contributed by atoms with Crippen molar-refractivity contribution in [2.75, 3.05) is 4.90 Å². The van der Waals surface area contributed by atoms with Gasteiger partial charge in [-0.25, -0.2) is 15.0 Å². The van der Waals surface area contributed by atoms with Gasteiger partial charge in [-0.3, -0.25) is 9.97 Å². The summed E-state index contributed by atoms with van der Waals surface area (Å²) in [6.45, 7) is 0. The summed E-state index contributed by atoms with van der Waals surface area (Å²) in [6, 6.07) is 57.9. The van der Waals surface area contributed by atoms with Crippen molar-refractivity contribution in [2.45, 2.75) is 17.4 Å². The molecule has 1 aliphatic heterocycles. The molecule has 0 spiro atoms. The van der Waals surface area contributed by atoms with Gasteiger partial charge in [0, 0.05) is 85.9 Å². The second-order valence-electron chi connectivity index (χ2n) is 16.7. The Morgan fingerprint density at radius 1 is 0.429 bits per heavy atom. The quantitative estimate of drug-likeness (QED) is 0.160. The van der Waals surface area contributed by atoms with E-state index in [1.165, 1.54) is 22.0 Å². The average Bonchev–Trinajstić information content (AvgIpc) is 3.87. The van der Waals surface area contributed by atoms with Crippen LogP contribution in [0.2, 0.25) is 0 Å². The summed E-state index contributed by atoms with van der Waals surface area (Å²) >= 11 is 0. The Morgan fingerprint density at radius 2 is 0.937 bits per heavy atom. The number of rotatable bonds is 7. The standard InChI is InChI=1S/C56H37N7/c1-3-11-37(12-4-1)52-59-53(38-13-5-2-6-14-38)61-54(60-52)39-17-21-44(22-18-39)63-51-26-23-45(33-48(51)55-27-7-8-28-56(55,63)36-55)62-49-24-19-40(42-15-9-29-57-34-42)31-46(49)47-32-41(20-25-50(47)62)43-16-10-30-58-35-43/h1-35H,36H2. The van der Waals surface area contributed by atoms with Gasteiger partial charge in [-0.15, -0.1) is 0 Å². The molecule has 2 unspecified atom stereocenters. The molecule has 13 rings (SSSR count). The van der Waals surface area contributed by atoms with Gasteiger partial charge in [-0.1, -0.05) is 109 Å². The van der Waals surface area contributed by atoms with Gasteiger partial charge in [-0.2, -0.15) is 0 Å². The van der Waals surface area contributed by atoms with Gasteiger partial charge in [0.1, 0.15) is 0 Å². The minimum Gasteiger partial charge on any atom is -0.330 e. The third kappa shape index (κ3) is 5.42. The van der Waals surface area contributed by atoms with Crippen LogP contribution < -0.4 is 4.90 Å². The molecule has 7 heteroatoms. The Balaban J connectivity index is 0.926. The molecule has 0 saturated heterocycles. The molecular formula is C56H37N7. The molecule has 5 heterocycles. The van der Waals surface area contributed by atoms with Crippen LogP contribution in [0, 0.1) is 0 Å². The zero-order valence-corrected chi connectivity index (χ0v) is 34.0. The van der Waals surface area contributed by atoms with Crippen LogP contribution in [0.3, 0.4) is 0 Å². The molecular weight excluding hydrogens is 771 g/mol. The van der Waals surface area contributed by atoms with Gasteiger partial charge in [0.15, 0.2) is 17.5 Å². The lowest BCUT2D eigenvalue weighted by atomic mass is 9.90. The molecule has 10 aromatic rings. The maximum absolute atomic E-state index is 5.00. The van der Waals surface area contributed by atoms with E-state index in [2.05, 4.69) is 135 Å². The van der Waals surface area contributed by atoms with Gasteiger partial charge < -0.3 is 9.47 Å². The highest BCUT2D eigenvalue weighted by molar-refractivity contribution is 6.11. The van der Waals surface area contributed by atoms with Crippen LogP contribution in [0.25, 0.3) is 83.9 Å². The normalized spacial score (nSPS) is 18.1. The summed E-state index contributed by atoms with van der Waals surface area (Å²) in [7, 11) is 0. The van der Waals surface area contributed by atoms with Gasteiger partial charge in [0.05, 0.1) is 16.6 Å². The smallest absolute Gasteiger partial charge is 0.164 e. The number of nitrogens with zero attached hydrogens (tertiary/aromatic N) is 7. The number of hydrogen-bond acceptors (Lipinski definition) is 6. The van der Waals surface area contributed by atoms with Crippen molar-refractivity contribution in [3.05, 3.63) is 218 Å². The zero-order valence-electron chi connectivity index (χ0n) is 34.0. The lowest BCUT2D eigenvalue weighted by Gasteiger charge is -2.30. The predicted molar refractivity (Wildman–Crippen MR) is 253 cm³/mol. The number of fused-ring (bicyclic) bond motifs is 4. The first kappa shape index (κ1) is 35.5. The number of aromatic nitrogens is 6. The number of anilines is 2. The maximum Gasteiger partial charge on any atom is 0.164 e. The lowest BCUT2D eigenvalue weighted by Crippen LogP contribution is -2.33. The fraction of sp³-hybridized carbons (Fsp3) is 0.0536. The van der Waals surface area contributed by atoms with Gasteiger partial charge in [-0.05, 0) is 102 Å². The minimum absolute atomic E-state index is 0.130. The summed E-state index contributed by atoms with van der Waals surface area (Å²) < 4.78 is 2.44. The Labute approximate surface area is 364 Å². The second kappa shape index (κ2) is 13.6. The second-order valence-corrected chi connectivity index (χ2v) is 16.7. The SMILES string of the molecule is C1=CC23CC2(C=C1)N(c1ccc(-c2nc(-c4ccccc4)nc(-c4ccccc4)n2)cc1)c1ccc(-n2c4ccc(-c5cccnc5)cc4c4cc(-c5cccnc5)ccc42)cc13. The van der Waals surface area contributed by atoms with Crippen molar-refractivity contribution in [1.82, 2.24) is 29.5 Å².